The number of para-hydroxylation sites is 4. The van der Waals surface area contributed by atoms with Gasteiger partial charge in [0.15, 0.2) is 0 Å². The molecule has 0 heterocycles. The second-order valence-electron chi connectivity index (χ2n) is 18.2. The van der Waals surface area contributed by atoms with Gasteiger partial charge in [-0.1, -0.05) is 151 Å². The zero-order chi connectivity index (χ0) is 44.2. The van der Waals surface area contributed by atoms with E-state index in [1.807, 2.05) is 129 Å². The molecule has 4 aromatic carbocycles. The van der Waals surface area contributed by atoms with Crippen molar-refractivity contribution >= 4 is 30.8 Å². The Morgan fingerprint density at radius 3 is 0.661 bits per heavy atom. The van der Waals surface area contributed by atoms with E-state index in [0.717, 1.165) is 51.5 Å². The van der Waals surface area contributed by atoms with Gasteiger partial charge in [0.05, 0.1) is 0 Å². The molecule has 4 unspecified atom stereocenters. The van der Waals surface area contributed by atoms with E-state index in [-0.39, 0.29) is 66.5 Å². The molecule has 7 heteroatoms. The third-order valence-corrected chi connectivity index (χ3v) is 14.8. The average Bonchev–Trinajstić information content (AvgIpc) is 3.81. The molecule has 0 amide bonds. The van der Waals surface area contributed by atoms with Crippen LogP contribution in [-0.4, -0.2) is 64.5 Å². The van der Waals surface area contributed by atoms with Crippen LogP contribution in [0.1, 0.15) is 82.1 Å². The van der Waals surface area contributed by atoms with Gasteiger partial charge in [-0.05, 0) is 85.6 Å². The third kappa shape index (κ3) is 23.4. The van der Waals surface area contributed by atoms with Crippen molar-refractivity contribution in [1.82, 2.24) is 0 Å². The summed E-state index contributed by atoms with van der Waals surface area (Å²) in [6, 6.07) is 32.3. The maximum atomic E-state index is 3.90. The Hall–Kier alpha value is -2.48. The Kier molecular flexibility index (Phi) is 36.2. The molecule has 0 saturated heterocycles. The third-order valence-electron chi connectivity index (χ3n) is 11.8. The number of hydrogen-bond acceptors (Lipinski definition) is 4. The zero-order valence-corrected chi connectivity index (χ0v) is 47.5. The standard InChI is InChI=1S/C12H26Si.4C9H12N.C5H10.2CH3.2Sc/c1-8-9(2)11(4)12(10(8)3)13(5,6)7;4*1-8-6-4-5-7-9(8)10(2)3;1-2-4-5-3-1;;;;/h8-12H,1-7H3;4*4-7H,1H2,2-3H3;1-5H2;2*1H3;;/q;4*-1;;2*-1;;. The van der Waals surface area contributed by atoms with Gasteiger partial charge in [0, 0.05) is 59.8 Å². The smallest absolute Gasteiger partial charge is 0.0479 e. The van der Waals surface area contributed by atoms with Crippen molar-refractivity contribution in [1.29, 1.82) is 0 Å². The van der Waals surface area contributed by atoms with E-state index in [1.54, 1.807) is 0 Å². The van der Waals surface area contributed by atoms with Crippen molar-refractivity contribution in [2.24, 2.45) is 23.7 Å². The number of rotatable bonds is 5. The molecule has 2 fully saturated rings. The Morgan fingerprint density at radius 2 is 0.548 bits per heavy atom. The van der Waals surface area contributed by atoms with Crippen LogP contribution in [0.5, 0.6) is 0 Å². The minimum atomic E-state index is -0.934. The molecule has 4 nitrogen and oxygen atoms in total. The van der Waals surface area contributed by atoms with Gasteiger partial charge in [-0.15, -0.1) is 24.3 Å². The predicted octanol–water partition coefficient (Wildman–Crippen LogP) is 14.8. The quantitative estimate of drug-likeness (QED) is 0.146. The summed E-state index contributed by atoms with van der Waals surface area (Å²) in [5.74, 6) is 3.78. The monoisotopic (exact) mass is 925 g/mol. The van der Waals surface area contributed by atoms with Gasteiger partial charge in [0.25, 0.3) is 0 Å². The van der Waals surface area contributed by atoms with Crippen molar-refractivity contribution in [3.8, 4) is 0 Å². The Balaban J connectivity index is -0.000000325. The van der Waals surface area contributed by atoms with E-state index in [1.165, 1.54) is 54.9 Å². The summed E-state index contributed by atoms with van der Waals surface area (Å²) in [4.78, 5) is 8.23. The van der Waals surface area contributed by atoms with E-state index < -0.39 is 8.07 Å². The SMILES string of the molecule is C1CCCC1.CC1C(C)C(C)C([Si](C)(C)C)C1C.[CH2-]c1ccccc1N(C)C.[CH2-]c1ccccc1N(C)C.[CH2-]c1ccccc1N(C)C.[CH2-]c1ccccc1N(C)C.[CH3-].[CH3-].[Sc].[Sc]. The van der Waals surface area contributed by atoms with Gasteiger partial charge < -0.3 is 34.5 Å². The van der Waals surface area contributed by atoms with Crippen LogP contribution in [0.15, 0.2) is 97.1 Å². The van der Waals surface area contributed by atoms with Gasteiger partial charge in [0.2, 0.25) is 0 Å². The zero-order valence-electron chi connectivity index (χ0n) is 42.9. The van der Waals surface area contributed by atoms with Crippen LogP contribution in [0.4, 0.5) is 22.7 Å². The maximum Gasteiger partial charge on any atom is 0.0479 e. The molecule has 0 spiro atoms. The Morgan fingerprint density at radius 1 is 0.371 bits per heavy atom. The van der Waals surface area contributed by atoms with E-state index in [0.29, 0.717) is 0 Å². The molecule has 2 saturated carbocycles. The van der Waals surface area contributed by atoms with Gasteiger partial charge in [-0.3, -0.25) is 0 Å². The van der Waals surface area contributed by atoms with Gasteiger partial charge >= 0.3 is 0 Å². The Bertz CT molecular complexity index is 1480. The van der Waals surface area contributed by atoms with Crippen LogP contribution < -0.4 is 19.6 Å². The summed E-state index contributed by atoms with van der Waals surface area (Å²) in [7, 11) is 15.2. The van der Waals surface area contributed by atoms with Gasteiger partial charge in [0.1, 0.15) is 0 Å². The summed E-state index contributed by atoms with van der Waals surface area (Å²) in [5.41, 5.74) is 10.1. The number of anilines is 4. The van der Waals surface area contributed by atoms with Crippen molar-refractivity contribution in [3.05, 3.63) is 162 Å². The molecule has 2 radical (unpaired) electrons. The predicted molar refractivity (Wildman–Crippen MR) is 281 cm³/mol. The first-order chi connectivity index (χ1) is 27.1. The molecule has 6 rings (SSSR count). The van der Waals surface area contributed by atoms with E-state index in [2.05, 4.69) is 119 Å². The largest absolute Gasteiger partial charge is 0.428 e. The summed E-state index contributed by atoms with van der Waals surface area (Å²) in [6.45, 7) is 33.1. The first kappa shape index (κ1) is 66.1. The molecule has 4 aromatic rings. The first-order valence-corrected chi connectivity index (χ1v) is 25.0. The number of benzene rings is 4. The van der Waals surface area contributed by atoms with Crippen LogP contribution in [-0.2, 0) is 51.7 Å². The van der Waals surface area contributed by atoms with Crippen molar-refractivity contribution in [2.45, 2.75) is 85.0 Å². The molecule has 0 N–H and O–H groups in total. The number of hydrogen-bond donors (Lipinski definition) is 0. The first-order valence-electron chi connectivity index (χ1n) is 21.5. The number of nitrogens with zero attached hydrogens (tertiary/aromatic N) is 4. The Labute approximate surface area is 425 Å². The van der Waals surface area contributed by atoms with Crippen LogP contribution in [0.25, 0.3) is 0 Å². The minimum absolute atomic E-state index is 0. The molecule has 2 aliphatic carbocycles. The summed E-state index contributed by atoms with van der Waals surface area (Å²) in [5, 5.41) is 0. The molecule has 0 bridgehead atoms. The second kappa shape index (κ2) is 33.9. The van der Waals surface area contributed by atoms with E-state index in [4.69, 9.17) is 0 Å². The van der Waals surface area contributed by atoms with Crippen molar-refractivity contribution in [2.75, 3.05) is 76.0 Å². The molecule has 0 aliphatic heterocycles. The molecule has 4 atom stereocenters. The summed E-state index contributed by atoms with van der Waals surface area (Å²) >= 11 is 0. The van der Waals surface area contributed by atoms with Crippen molar-refractivity contribution < 1.29 is 51.7 Å². The van der Waals surface area contributed by atoms with Gasteiger partial charge in [-0.25, -0.2) is 0 Å². The maximum absolute atomic E-state index is 3.90. The summed E-state index contributed by atoms with van der Waals surface area (Å²) in [6.07, 6.45) is 7.50. The normalized spacial score (nSPS) is 17.8. The minimum Gasteiger partial charge on any atom is -0.428 e. The second-order valence-corrected chi connectivity index (χ2v) is 23.6. The molecule has 346 valence electrons. The van der Waals surface area contributed by atoms with Gasteiger partial charge in [-0.2, -0.15) is 74.2 Å². The van der Waals surface area contributed by atoms with Crippen LogP contribution >= 0.6 is 0 Å². The fourth-order valence-electron chi connectivity index (χ4n) is 8.34. The molecular weight excluding hydrogens is 835 g/mol. The van der Waals surface area contributed by atoms with Crippen LogP contribution in [0.3, 0.4) is 0 Å². The van der Waals surface area contributed by atoms with E-state index >= 15 is 0 Å². The van der Waals surface area contributed by atoms with Crippen molar-refractivity contribution in [3.63, 3.8) is 0 Å². The average molecular weight is 925 g/mol. The van der Waals surface area contributed by atoms with E-state index in [9.17, 15) is 0 Å². The fourth-order valence-corrected chi connectivity index (χ4v) is 12.1. The molecule has 0 aromatic heterocycles. The summed E-state index contributed by atoms with van der Waals surface area (Å²) < 4.78 is 0. The molecular formula is C55H90N4Sc2Si-6. The molecule has 62 heavy (non-hydrogen) atoms. The fraction of sp³-hybridized carbons (Fsp3) is 0.455. The topological polar surface area (TPSA) is 13.0 Å². The van der Waals surface area contributed by atoms with Crippen LogP contribution in [0, 0.1) is 66.2 Å². The van der Waals surface area contributed by atoms with Crippen LogP contribution in [0.2, 0.25) is 25.2 Å². The molecule has 2 aliphatic rings.